The molecule has 128 valence electrons. The van der Waals surface area contributed by atoms with Crippen molar-refractivity contribution < 1.29 is 37.0 Å². The van der Waals surface area contributed by atoms with E-state index in [4.69, 9.17) is 15.3 Å². The molecule has 0 spiro atoms. The average Bonchev–Trinajstić information content (AvgIpc) is 2.97. The van der Waals surface area contributed by atoms with Crippen molar-refractivity contribution in [1.29, 1.82) is 0 Å². The van der Waals surface area contributed by atoms with Crippen LogP contribution in [0.25, 0.3) is 10.8 Å². The summed E-state index contributed by atoms with van der Waals surface area (Å²) < 4.78 is 0. The monoisotopic (exact) mass is 354 g/mol. The fourth-order valence-corrected chi connectivity index (χ4v) is 2.07. The summed E-state index contributed by atoms with van der Waals surface area (Å²) in [6.07, 6.45) is 2.29. The minimum Gasteiger partial charge on any atom is -0.855 e. The summed E-state index contributed by atoms with van der Waals surface area (Å²) >= 11 is 0. The number of aryl methyl sites for hydroxylation is 2. The van der Waals surface area contributed by atoms with Crippen LogP contribution in [-0.2, 0) is 34.6 Å². The molecule has 0 aliphatic rings. The zero-order chi connectivity index (χ0) is 17.4. The van der Waals surface area contributed by atoms with E-state index in [2.05, 4.69) is 44.2 Å². The van der Waals surface area contributed by atoms with Gasteiger partial charge in [0.05, 0.1) is 0 Å². The molecule has 3 nitrogen and oxygen atoms in total. The first-order valence-corrected chi connectivity index (χ1v) is 8.01. The van der Waals surface area contributed by atoms with E-state index in [-0.39, 0.29) is 41.5 Å². The topological polar surface area (TPSA) is 69.2 Å². The van der Waals surface area contributed by atoms with Crippen LogP contribution in [0.2, 0.25) is 0 Å². The minimum absolute atomic E-state index is 0. The number of hydrogen-bond acceptors (Lipinski definition) is 3. The maximum Gasteiger partial charge on any atom is 4.00 e. The number of fused-ring (bicyclic) bond motifs is 1. The van der Waals surface area contributed by atoms with Gasteiger partial charge in [-0.2, -0.15) is 12.1 Å². The van der Waals surface area contributed by atoms with Gasteiger partial charge in [0.1, 0.15) is 0 Å². The smallest absolute Gasteiger partial charge is 0.855 e. The molecule has 0 aliphatic carbocycles. The average molecular weight is 354 g/mol. The van der Waals surface area contributed by atoms with Gasteiger partial charge in [-0.3, -0.25) is 0 Å². The molecule has 0 saturated heterocycles. The first kappa shape index (κ1) is 27.3. The Balaban J connectivity index is -0.000000340. The van der Waals surface area contributed by atoms with Crippen molar-refractivity contribution in [3.05, 3.63) is 41.5 Å². The van der Waals surface area contributed by atoms with Crippen LogP contribution in [-0.4, -0.2) is 19.8 Å². The second-order valence-electron chi connectivity index (χ2n) is 4.31. The number of hydrogen-bond donors (Lipinski definition) is 0. The predicted molar refractivity (Wildman–Crippen MR) is 89.9 cm³/mol. The quantitative estimate of drug-likeness (QED) is 0.610. The molecule has 0 saturated carbocycles. The van der Waals surface area contributed by atoms with Crippen molar-refractivity contribution in [2.24, 2.45) is 0 Å². The van der Waals surface area contributed by atoms with Crippen molar-refractivity contribution in [2.45, 2.75) is 47.5 Å². The fraction of sp³-hybridized carbons (Fsp3) is 0.526. The van der Waals surface area contributed by atoms with Gasteiger partial charge in [-0.1, -0.05) is 45.7 Å². The van der Waals surface area contributed by atoms with E-state index >= 15 is 0 Å². The van der Waals surface area contributed by atoms with Crippen LogP contribution in [0.15, 0.2) is 30.3 Å². The third kappa shape index (κ3) is 11.6. The van der Waals surface area contributed by atoms with E-state index in [9.17, 15) is 0 Å². The maximum atomic E-state index is 8.93. The fourth-order valence-electron chi connectivity index (χ4n) is 2.07. The first-order valence-electron chi connectivity index (χ1n) is 8.01. The molecule has 0 aliphatic heterocycles. The molecular formula is C19H30O3Ti. The summed E-state index contributed by atoms with van der Waals surface area (Å²) in [6, 6.07) is 11.1. The Morgan fingerprint density at radius 3 is 1.65 bits per heavy atom. The van der Waals surface area contributed by atoms with Gasteiger partial charge in [0, 0.05) is 0 Å². The number of rotatable bonds is 2. The molecule has 4 heteroatoms. The Hall–Kier alpha value is -0.576. The predicted octanol–water partition coefficient (Wildman–Crippen LogP) is 1.78. The maximum absolute atomic E-state index is 8.93. The van der Waals surface area contributed by atoms with Crippen LogP contribution in [0.4, 0.5) is 0 Å². The van der Waals surface area contributed by atoms with Gasteiger partial charge in [-0.05, 0) is 12.8 Å². The van der Waals surface area contributed by atoms with Gasteiger partial charge in [-0.25, -0.2) is 0 Å². The summed E-state index contributed by atoms with van der Waals surface area (Å²) in [4.78, 5) is 0. The zero-order valence-electron chi connectivity index (χ0n) is 15.1. The molecule has 2 aromatic carbocycles. The molecule has 0 bridgehead atoms. The van der Waals surface area contributed by atoms with Gasteiger partial charge in [0.15, 0.2) is 0 Å². The van der Waals surface area contributed by atoms with Gasteiger partial charge in [-0.15, -0.1) is 48.8 Å². The number of benzene rings is 1. The summed E-state index contributed by atoms with van der Waals surface area (Å²) in [5.74, 6) is 0. The molecule has 0 aromatic heterocycles. The van der Waals surface area contributed by atoms with Crippen LogP contribution in [0.1, 0.15) is 45.7 Å². The van der Waals surface area contributed by atoms with E-state index in [0.29, 0.717) is 0 Å². The molecule has 2 rings (SSSR count). The van der Waals surface area contributed by atoms with Gasteiger partial charge < -0.3 is 15.3 Å². The molecule has 0 radical (unpaired) electrons. The third-order valence-corrected chi connectivity index (χ3v) is 2.76. The van der Waals surface area contributed by atoms with Gasteiger partial charge >= 0.3 is 21.7 Å². The Morgan fingerprint density at radius 1 is 0.783 bits per heavy atom. The molecule has 0 N–H and O–H groups in total. The molecule has 0 atom stereocenters. The summed E-state index contributed by atoms with van der Waals surface area (Å²) in [6.45, 7) is 9.17. The van der Waals surface area contributed by atoms with Crippen molar-refractivity contribution in [3.63, 3.8) is 0 Å². The van der Waals surface area contributed by atoms with Gasteiger partial charge in [0.2, 0.25) is 0 Å². The van der Waals surface area contributed by atoms with E-state index in [1.807, 2.05) is 0 Å². The SMILES string of the molecule is CC[O-].CC[O-].CC[O-].CCc1ccc2[cH-]ccc2c1CC.[Ti+4]. The van der Waals surface area contributed by atoms with Crippen LogP contribution >= 0.6 is 0 Å². The Morgan fingerprint density at radius 2 is 1.26 bits per heavy atom. The molecule has 23 heavy (non-hydrogen) atoms. The Labute approximate surface area is 156 Å². The van der Waals surface area contributed by atoms with Crippen molar-refractivity contribution in [2.75, 3.05) is 19.8 Å². The normalized spacial score (nSPS) is 8.52. The van der Waals surface area contributed by atoms with Crippen molar-refractivity contribution >= 4 is 10.8 Å². The molecule has 0 unspecified atom stereocenters. The van der Waals surface area contributed by atoms with Crippen molar-refractivity contribution in [3.8, 4) is 0 Å². The van der Waals surface area contributed by atoms with Crippen LogP contribution < -0.4 is 15.3 Å². The van der Waals surface area contributed by atoms with E-state index in [0.717, 1.165) is 12.8 Å². The minimum atomic E-state index is 0. The first-order chi connectivity index (χ1) is 10.6. The summed E-state index contributed by atoms with van der Waals surface area (Å²) in [5, 5.41) is 29.6. The Kier molecular flexibility index (Phi) is 23.1. The largest absolute Gasteiger partial charge is 4.00 e. The van der Waals surface area contributed by atoms with E-state index < -0.39 is 0 Å². The van der Waals surface area contributed by atoms with Gasteiger partial charge in [0.25, 0.3) is 0 Å². The molecular weight excluding hydrogens is 324 g/mol. The third-order valence-electron chi connectivity index (χ3n) is 2.76. The summed E-state index contributed by atoms with van der Waals surface area (Å²) in [7, 11) is 0. The molecule has 0 heterocycles. The molecule has 0 amide bonds. The van der Waals surface area contributed by atoms with E-state index in [1.165, 1.54) is 21.9 Å². The molecule has 0 fully saturated rings. The second-order valence-corrected chi connectivity index (χ2v) is 4.31. The van der Waals surface area contributed by atoms with Crippen LogP contribution in [0.5, 0.6) is 0 Å². The Bertz CT molecular complexity index is 462. The standard InChI is InChI=1S/C13H15.3C2H5O.Ti/c1-3-10-8-9-11-6-5-7-13(11)12(10)4-2;3*1-2-3;/h5-9H,3-4H2,1-2H3;3*2H2,1H3;/q4*-1;+4. The summed E-state index contributed by atoms with van der Waals surface area (Å²) in [5.41, 5.74) is 3.03. The second kappa shape index (κ2) is 19.5. The van der Waals surface area contributed by atoms with Crippen LogP contribution in [0.3, 0.4) is 0 Å². The molecule has 2 aromatic rings. The van der Waals surface area contributed by atoms with Crippen LogP contribution in [0, 0.1) is 0 Å². The van der Waals surface area contributed by atoms with E-state index in [1.54, 1.807) is 20.8 Å². The zero-order valence-corrected chi connectivity index (χ0v) is 16.7. The van der Waals surface area contributed by atoms with Crippen molar-refractivity contribution in [1.82, 2.24) is 0 Å².